The molecule has 1 aliphatic rings. The van der Waals surface area contributed by atoms with Gasteiger partial charge in [0.1, 0.15) is 5.82 Å². The minimum Gasteiger partial charge on any atom is -0.352 e. The number of aromatic nitrogens is 2. The number of amides is 1. The molecule has 0 aliphatic heterocycles. The lowest BCUT2D eigenvalue weighted by Crippen LogP contribution is -2.32. The quantitative estimate of drug-likeness (QED) is 0.778. The Morgan fingerprint density at radius 1 is 1.32 bits per heavy atom. The molecule has 0 radical (unpaired) electrons. The zero-order valence-electron chi connectivity index (χ0n) is 12.0. The Balaban J connectivity index is 1.73. The second kappa shape index (κ2) is 5.09. The Morgan fingerprint density at radius 3 is 2.95 bits per heavy atom. The van der Waals surface area contributed by atoms with Crippen LogP contribution in [-0.4, -0.2) is 22.4 Å². The maximum absolute atomic E-state index is 13.4. The molecule has 0 saturated heterocycles. The molecule has 1 amide bonds. The van der Waals surface area contributed by atoms with Gasteiger partial charge in [-0.3, -0.25) is 4.79 Å². The number of carbonyl (C=O) groups excluding carboxylic acids is 1. The summed E-state index contributed by atoms with van der Waals surface area (Å²) in [6, 6.07) is 6.42. The molecule has 1 aliphatic carbocycles. The van der Waals surface area contributed by atoms with Crippen LogP contribution in [-0.2, 0) is 0 Å². The zero-order valence-corrected chi connectivity index (χ0v) is 12.0. The number of pyridine rings is 1. The van der Waals surface area contributed by atoms with Crippen molar-refractivity contribution in [1.82, 2.24) is 15.3 Å². The van der Waals surface area contributed by atoms with Crippen molar-refractivity contribution in [1.29, 1.82) is 0 Å². The van der Waals surface area contributed by atoms with Gasteiger partial charge in [-0.05, 0) is 43.0 Å². The lowest BCUT2D eigenvalue weighted by atomic mass is 9.85. The average molecular weight is 297 g/mol. The van der Waals surface area contributed by atoms with Crippen molar-refractivity contribution in [3.63, 3.8) is 0 Å². The maximum Gasteiger partial charge on any atom is 0.272 e. The van der Waals surface area contributed by atoms with Crippen LogP contribution in [0.5, 0.6) is 0 Å². The number of benzene rings is 1. The van der Waals surface area contributed by atoms with Crippen LogP contribution in [0.4, 0.5) is 4.39 Å². The van der Waals surface area contributed by atoms with Crippen LogP contribution < -0.4 is 5.32 Å². The molecule has 0 unspecified atom stereocenters. The number of nitrogens with one attached hydrogen (secondary N) is 2. The second-order valence-corrected chi connectivity index (χ2v) is 5.90. The Labute approximate surface area is 126 Å². The normalized spacial score (nSPS) is 15.1. The van der Waals surface area contributed by atoms with Gasteiger partial charge in [0.2, 0.25) is 0 Å². The smallest absolute Gasteiger partial charge is 0.272 e. The number of aromatic amines is 1. The molecule has 3 aromatic rings. The average Bonchev–Trinajstić information content (AvgIpc) is 2.82. The lowest BCUT2D eigenvalue weighted by Gasteiger charge is -2.25. The summed E-state index contributed by atoms with van der Waals surface area (Å²) in [5.41, 5.74) is 1.71. The SMILES string of the molecule is O=C(NCC1CCC1)c1nccc2c1[nH]c1cc(F)ccc12. The molecule has 2 heterocycles. The zero-order chi connectivity index (χ0) is 15.1. The van der Waals surface area contributed by atoms with Crippen LogP contribution >= 0.6 is 0 Å². The van der Waals surface area contributed by atoms with Gasteiger partial charge >= 0.3 is 0 Å². The van der Waals surface area contributed by atoms with Crippen LogP contribution in [0.2, 0.25) is 0 Å². The van der Waals surface area contributed by atoms with Gasteiger partial charge in [0.05, 0.1) is 5.52 Å². The number of nitrogens with zero attached hydrogens (tertiary/aromatic N) is 1. The van der Waals surface area contributed by atoms with Crippen molar-refractivity contribution in [3.8, 4) is 0 Å². The molecule has 1 saturated carbocycles. The maximum atomic E-state index is 13.4. The van der Waals surface area contributed by atoms with E-state index in [4.69, 9.17) is 0 Å². The predicted molar refractivity (Wildman–Crippen MR) is 83.2 cm³/mol. The molecular weight excluding hydrogens is 281 g/mol. The third-order valence-electron chi connectivity index (χ3n) is 4.47. The number of hydrogen-bond donors (Lipinski definition) is 2. The first-order chi connectivity index (χ1) is 10.7. The third kappa shape index (κ3) is 2.13. The first kappa shape index (κ1) is 13.2. The van der Waals surface area contributed by atoms with Gasteiger partial charge in [-0.25, -0.2) is 9.37 Å². The van der Waals surface area contributed by atoms with Crippen LogP contribution in [0.1, 0.15) is 29.8 Å². The summed E-state index contributed by atoms with van der Waals surface area (Å²) in [4.78, 5) is 19.7. The molecule has 4 nitrogen and oxygen atoms in total. The fourth-order valence-corrected chi connectivity index (χ4v) is 2.99. The highest BCUT2D eigenvalue weighted by molar-refractivity contribution is 6.13. The van der Waals surface area contributed by atoms with Crippen molar-refractivity contribution >= 4 is 27.7 Å². The van der Waals surface area contributed by atoms with E-state index in [-0.39, 0.29) is 11.7 Å². The molecule has 0 bridgehead atoms. The van der Waals surface area contributed by atoms with Crippen LogP contribution in [0.15, 0.2) is 30.5 Å². The molecule has 1 fully saturated rings. The van der Waals surface area contributed by atoms with Crippen LogP contribution in [0.25, 0.3) is 21.8 Å². The van der Waals surface area contributed by atoms with Crippen molar-refractivity contribution < 1.29 is 9.18 Å². The van der Waals surface area contributed by atoms with Gasteiger partial charge in [-0.15, -0.1) is 0 Å². The second-order valence-electron chi connectivity index (χ2n) is 5.90. The monoisotopic (exact) mass is 297 g/mol. The topological polar surface area (TPSA) is 57.8 Å². The Bertz CT molecular complexity index is 867. The molecule has 4 rings (SSSR count). The number of halogens is 1. The molecular formula is C17H16FN3O. The number of hydrogen-bond acceptors (Lipinski definition) is 2. The summed E-state index contributed by atoms with van der Waals surface area (Å²) in [6.07, 6.45) is 5.24. The molecule has 0 spiro atoms. The number of rotatable bonds is 3. The van der Waals surface area contributed by atoms with Gasteiger partial charge in [-0.2, -0.15) is 0 Å². The summed E-state index contributed by atoms with van der Waals surface area (Å²) < 4.78 is 13.4. The fourth-order valence-electron chi connectivity index (χ4n) is 2.99. The van der Waals surface area contributed by atoms with Crippen LogP contribution in [0.3, 0.4) is 0 Å². The lowest BCUT2D eigenvalue weighted by molar-refractivity contribution is 0.0936. The number of carbonyl (C=O) groups is 1. The fraction of sp³-hybridized carbons (Fsp3) is 0.294. The standard InChI is InChI=1S/C17H16FN3O/c18-11-4-5-12-13-6-7-19-16(15(13)21-14(12)8-11)17(22)20-9-10-2-1-3-10/h4-8,10,21H,1-3,9H2,(H,20,22). The van der Waals surface area contributed by atoms with Crippen molar-refractivity contribution in [2.24, 2.45) is 5.92 Å². The van der Waals surface area contributed by atoms with E-state index in [1.54, 1.807) is 12.3 Å². The highest BCUT2D eigenvalue weighted by Crippen LogP contribution is 2.28. The Hall–Kier alpha value is -2.43. The summed E-state index contributed by atoms with van der Waals surface area (Å²) in [7, 11) is 0. The van der Waals surface area contributed by atoms with Crippen molar-refractivity contribution in [2.75, 3.05) is 6.54 Å². The molecule has 5 heteroatoms. The van der Waals surface area contributed by atoms with Gasteiger partial charge in [-0.1, -0.05) is 6.42 Å². The first-order valence-corrected chi connectivity index (χ1v) is 7.56. The molecule has 2 aromatic heterocycles. The van der Waals surface area contributed by atoms with E-state index in [2.05, 4.69) is 15.3 Å². The van der Waals surface area contributed by atoms with E-state index < -0.39 is 0 Å². The molecule has 1 aromatic carbocycles. The van der Waals surface area contributed by atoms with E-state index in [1.807, 2.05) is 6.07 Å². The third-order valence-corrected chi connectivity index (χ3v) is 4.47. The van der Waals surface area contributed by atoms with E-state index in [0.29, 0.717) is 29.2 Å². The van der Waals surface area contributed by atoms with Gasteiger partial charge in [0.25, 0.3) is 5.91 Å². The highest BCUT2D eigenvalue weighted by Gasteiger charge is 2.20. The molecule has 112 valence electrons. The van der Waals surface area contributed by atoms with E-state index in [0.717, 1.165) is 10.8 Å². The number of fused-ring (bicyclic) bond motifs is 3. The largest absolute Gasteiger partial charge is 0.352 e. The van der Waals surface area contributed by atoms with Crippen molar-refractivity contribution in [2.45, 2.75) is 19.3 Å². The summed E-state index contributed by atoms with van der Waals surface area (Å²) in [5, 5.41) is 4.74. The number of H-pyrrole nitrogens is 1. The molecule has 2 N–H and O–H groups in total. The van der Waals surface area contributed by atoms with E-state index in [9.17, 15) is 9.18 Å². The van der Waals surface area contributed by atoms with E-state index in [1.165, 1.54) is 31.4 Å². The summed E-state index contributed by atoms with van der Waals surface area (Å²) in [6.45, 7) is 0.700. The minimum absolute atomic E-state index is 0.176. The molecule has 22 heavy (non-hydrogen) atoms. The van der Waals surface area contributed by atoms with Gasteiger partial charge < -0.3 is 10.3 Å². The Morgan fingerprint density at radius 2 is 2.18 bits per heavy atom. The molecule has 0 atom stereocenters. The summed E-state index contributed by atoms with van der Waals surface area (Å²) in [5.74, 6) is 0.118. The highest BCUT2D eigenvalue weighted by atomic mass is 19.1. The Kier molecular flexibility index (Phi) is 3.06. The summed E-state index contributed by atoms with van der Waals surface area (Å²) >= 11 is 0. The minimum atomic E-state index is -0.303. The van der Waals surface area contributed by atoms with Gasteiger partial charge in [0, 0.05) is 29.0 Å². The van der Waals surface area contributed by atoms with Crippen LogP contribution in [0, 0.1) is 11.7 Å². The predicted octanol–water partition coefficient (Wildman–Crippen LogP) is 3.39. The van der Waals surface area contributed by atoms with E-state index >= 15 is 0 Å². The van der Waals surface area contributed by atoms with Crippen molar-refractivity contribution in [3.05, 3.63) is 42.0 Å². The van der Waals surface area contributed by atoms with Gasteiger partial charge in [0.15, 0.2) is 5.69 Å². The first-order valence-electron chi connectivity index (χ1n) is 7.56.